The van der Waals surface area contributed by atoms with E-state index >= 15 is 0 Å². The highest BCUT2D eigenvalue weighted by Gasteiger charge is 2.34. The molecule has 0 radical (unpaired) electrons. The van der Waals surface area contributed by atoms with E-state index in [4.69, 9.17) is 55.9 Å². The standard InChI is InChI=1S/C30H22Cl4N2O4S/c1-3-39-29(38)25-16(2)35-30-36(26(25)20-9-5-7-11-22(20)33)28(37)24(41-30)13-18-12-19(31)14-23(34)27(18)40-15-17-8-4-6-10-21(17)32/h4-14,26H,3,15H2,1-2H3/b24-13-/t26-/m0/s1. The van der Waals surface area contributed by atoms with Crippen LogP contribution in [0.2, 0.25) is 20.1 Å². The number of allylic oxidation sites excluding steroid dienone is 1. The van der Waals surface area contributed by atoms with E-state index in [9.17, 15) is 9.59 Å². The van der Waals surface area contributed by atoms with Crippen LogP contribution in [0.4, 0.5) is 0 Å². The Balaban J connectivity index is 1.67. The van der Waals surface area contributed by atoms with E-state index in [-0.39, 0.29) is 29.4 Å². The molecule has 5 rings (SSSR count). The van der Waals surface area contributed by atoms with Gasteiger partial charge in [0.05, 0.1) is 27.4 Å². The molecule has 6 nitrogen and oxygen atoms in total. The number of esters is 1. The van der Waals surface area contributed by atoms with Crippen LogP contribution in [0.3, 0.4) is 0 Å². The Bertz CT molecular complexity index is 1880. The molecule has 1 atom stereocenters. The van der Waals surface area contributed by atoms with Crippen molar-refractivity contribution in [1.29, 1.82) is 0 Å². The van der Waals surface area contributed by atoms with Crippen LogP contribution in [0.15, 0.2) is 81.7 Å². The van der Waals surface area contributed by atoms with Crippen molar-refractivity contribution in [2.45, 2.75) is 26.5 Å². The highest BCUT2D eigenvalue weighted by Crippen LogP contribution is 2.36. The van der Waals surface area contributed by atoms with Crippen molar-refractivity contribution in [3.8, 4) is 5.75 Å². The fourth-order valence-corrected chi connectivity index (χ4v) is 6.56. The Labute approximate surface area is 259 Å². The first kappa shape index (κ1) is 29.4. The zero-order valence-corrected chi connectivity index (χ0v) is 25.6. The summed E-state index contributed by atoms with van der Waals surface area (Å²) in [6.07, 6.45) is 1.65. The number of rotatable bonds is 7. The topological polar surface area (TPSA) is 69.9 Å². The number of hydrogen-bond donors (Lipinski definition) is 0. The number of benzene rings is 3. The molecule has 1 aliphatic rings. The second-order valence-corrected chi connectivity index (χ2v) is 11.7. The summed E-state index contributed by atoms with van der Waals surface area (Å²) in [6, 6.07) is 16.8. The molecule has 0 N–H and O–H groups in total. The van der Waals surface area contributed by atoms with Crippen LogP contribution >= 0.6 is 57.7 Å². The van der Waals surface area contributed by atoms with E-state index in [1.807, 2.05) is 18.2 Å². The van der Waals surface area contributed by atoms with Crippen molar-refractivity contribution < 1.29 is 14.3 Å². The van der Waals surface area contributed by atoms with Crippen LogP contribution in [-0.4, -0.2) is 17.1 Å². The van der Waals surface area contributed by atoms with Crippen molar-refractivity contribution in [2.24, 2.45) is 4.99 Å². The Kier molecular flexibility index (Phi) is 8.92. The van der Waals surface area contributed by atoms with Gasteiger partial charge < -0.3 is 9.47 Å². The maximum Gasteiger partial charge on any atom is 0.338 e. The van der Waals surface area contributed by atoms with Crippen molar-refractivity contribution in [3.05, 3.63) is 128 Å². The molecule has 0 fully saturated rings. The van der Waals surface area contributed by atoms with Crippen molar-refractivity contribution in [2.75, 3.05) is 6.61 Å². The summed E-state index contributed by atoms with van der Waals surface area (Å²) >= 11 is 26.9. The molecule has 0 bridgehead atoms. The van der Waals surface area contributed by atoms with E-state index < -0.39 is 12.0 Å². The molecule has 4 aromatic rings. The molecule has 0 saturated heterocycles. The maximum atomic E-state index is 14.0. The van der Waals surface area contributed by atoms with Gasteiger partial charge in [0.1, 0.15) is 18.4 Å². The van der Waals surface area contributed by atoms with Gasteiger partial charge in [-0.3, -0.25) is 9.36 Å². The summed E-state index contributed by atoms with van der Waals surface area (Å²) < 4.78 is 13.2. The van der Waals surface area contributed by atoms with Gasteiger partial charge in [0.25, 0.3) is 5.56 Å². The van der Waals surface area contributed by atoms with Gasteiger partial charge in [0.2, 0.25) is 0 Å². The van der Waals surface area contributed by atoms with Crippen LogP contribution in [0.5, 0.6) is 5.75 Å². The first-order chi connectivity index (χ1) is 19.7. The van der Waals surface area contributed by atoms with Crippen LogP contribution in [-0.2, 0) is 16.1 Å². The summed E-state index contributed by atoms with van der Waals surface area (Å²) in [7, 11) is 0. The Morgan fingerprint density at radius 3 is 2.44 bits per heavy atom. The zero-order chi connectivity index (χ0) is 29.3. The normalized spacial score (nSPS) is 15.0. The summed E-state index contributed by atoms with van der Waals surface area (Å²) in [5.74, 6) is -0.224. The number of nitrogens with zero attached hydrogens (tertiary/aromatic N) is 2. The van der Waals surface area contributed by atoms with E-state index in [0.29, 0.717) is 47.0 Å². The monoisotopic (exact) mass is 646 g/mol. The minimum Gasteiger partial charge on any atom is -0.487 e. The van der Waals surface area contributed by atoms with Crippen LogP contribution in [0, 0.1) is 0 Å². The molecule has 0 amide bonds. The van der Waals surface area contributed by atoms with Gasteiger partial charge in [-0.1, -0.05) is 94.1 Å². The third-order valence-corrected chi connectivity index (χ3v) is 8.57. The van der Waals surface area contributed by atoms with E-state index in [0.717, 1.165) is 5.56 Å². The predicted molar refractivity (Wildman–Crippen MR) is 164 cm³/mol. The summed E-state index contributed by atoms with van der Waals surface area (Å²) in [5, 5.41) is 1.60. The Morgan fingerprint density at radius 1 is 1.02 bits per heavy atom. The minimum atomic E-state index is -0.833. The summed E-state index contributed by atoms with van der Waals surface area (Å²) in [6.45, 7) is 3.75. The average molecular weight is 648 g/mol. The SMILES string of the molecule is CCOC(=O)C1=C(C)N=c2s/c(=C\c3cc(Cl)cc(Cl)c3OCc3ccccc3Cl)c(=O)n2[C@H]1c1ccccc1Cl. The number of halogens is 4. The van der Waals surface area contributed by atoms with Gasteiger partial charge in [-0.05, 0) is 49.8 Å². The first-order valence-corrected chi connectivity index (χ1v) is 14.8. The lowest BCUT2D eigenvalue weighted by Crippen LogP contribution is -2.40. The first-order valence-electron chi connectivity index (χ1n) is 12.5. The van der Waals surface area contributed by atoms with Gasteiger partial charge >= 0.3 is 5.97 Å². The lowest BCUT2D eigenvalue weighted by Gasteiger charge is -2.25. The van der Waals surface area contributed by atoms with Gasteiger partial charge in [-0.25, -0.2) is 9.79 Å². The number of fused-ring (bicyclic) bond motifs is 1. The second kappa shape index (κ2) is 12.4. The van der Waals surface area contributed by atoms with Gasteiger partial charge in [-0.2, -0.15) is 0 Å². The number of thiazole rings is 1. The number of ether oxygens (including phenoxy) is 2. The molecule has 0 aliphatic carbocycles. The predicted octanol–water partition coefficient (Wildman–Crippen LogP) is 6.99. The molecular formula is C30H22Cl4N2O4S. The number of aromatic nitrogens is 1. The van der Waals surface area contributed by atoms with Crippen LogP contribution in [0.1, 0.15) is 36.6 Å². The molecular weight excluding hydrogens is 626 g/mol. The minimum absolute atomic E-state index is 0.151. The Hall–Kier alpha value is -3.07. The number of carbonyl (C=O) groups is 1. The van der Waals surface area contributed by atoms with Gasteiger partial charge in [-0.15, -0.1) is 0 Å². The van der Waals surface area contributed by atoms with Gasteiger partial charge in [0, 0.05) is 26.2 Å². The molecule has 210 valence electrons. The molecule has 0 saturated carbocycles. The average Bonchev–Trinajstić information content (AvgIpc) is 3.22. The zero-order valence-electron chi connectivity index (χ0n) is 21.8. The number of carbonyl (C=O) groups excluding carboxylic acids is 1. The molecule has 1 aliphatic heterocycles. The molecule has 11 heteroatoms. The van der Waals surface area contributed by atoms with Crippen LogP contribution < -0.4 is 19.6 Å². The summed E-state index contributed by atoms with van der Waals surface area (Å²) in [4.78, 5) is 32.1. The smallest absolute Gasteiger partial charge is 0.338 e. The highest BCUT2D eigenvalue weighted by molar-refractivity contribution is 7.07. The fraction of sp³-hybridized carbons (Fsp3) is 0.167. The van der Waals surface area contributed by atoms with Gasteiger partial charge in [0.15, 0.2) is 4.80 Å². The molecule has 3 aromatic carbocycles. The maximum absolute atomic E-state index is 14.0. The third-order valence-electron chi connectivity index (χ3n) is 6.37. The Morgan fingerprint density at radius 2 is 1.73 bits per heavy atom. The largest absolute Gasteiger partial charge is 0.487 e. The van der Waals surface area contributed by atoms with E-state index in [1.54, 1.807) is 62.4 Å². The quantitative estimate of drug-likeness (QED) is 0.203. The molecule has 1 aromatic heterocycles. The summed E-state index contributed by atoms with van der Waals surface area (Å²) in [5.41, 5.74) is 2.15. The van der Waals surface area contributed by atoms with Crippen molar-refractivity contribution >= 4 is 69.8 Å². The third kappa shape index (κ3) is 5.96. The molecule has 2 heterocycles. The van der Waals surface area contributed by atoms with E-state index in [1.165, 1.54) is 15.9 Å². The lowest BCUT2D eigenvalue weighted by atomic mass is 9.96. The van der Waals surface area contributed by atoms with E-state index in [2.05, 4.69) is 4.99 Å². The second-order valence-electron chi connectivity index (χ2n) is 9.01. The molecule has 0 unspecified atom stereocenters. The molecule has 41 heavy (non-hydrogen) atoms. The highest BCUT2D eigenvalue weighted by atomic mass is 35.5. The fourth-order valence-electron chi connectivity index (χ4n) is 4.53. The van der Waals surface area contributed by atoms with Crippen molar-refractivity contribution in [1.82, 2.24) is 4.57 Å². The van der Waals surface area contributed by atoms with Crippen molar-refractivity contribution in [3.63, 3.8) is 0 Å². The van der Waals surface area contributed by atoms with Crippen LogP contribution in [0.25, 0.3) is 6.08 Å². The lowest BCUT2D eigenvalue weighted by molar-refractivity contribution is -0.139. The molecule has 0 spiro atoms. The number of hydrogen-bond acceptors (Lipinski definition) is 6.